The highest BCUT2D eigenvalue weighted by Crippen LogP contribution is 2.20. The summed E-state index contributed by atoms with van der Waals surface area (Å²) in [5.41, 5.74) is -0.0613. The van der Waals surface area contributed by atoms with Gasteiger partial charge < -0.3 is 14.6 Å². The van der Waals surface area contributed by atoms with Crippen LogP contribution in [0.15, 0.2) is 57.9 Å². The lowest BCUT2D eigenvalue weighted by Crippen LogP contribution is -2.32. The zero-order valence-corrected chi connectivity index (χ0v) is 18.3. The molecule has 1 aromatic heterocycles. The van der Waals surface area contributed by atoms with Crippen molar-refractivity contribution in [2.75, 3.05) is 10.0 Å². The number of sulfonamides is 1. The molecule has 174 valence electrons. The molecule has 2 N–H and O–H groups in total. The summed E-state index contributed by atoms with van der Waals surface area (Å²) < 4.78 is 63.7. The van der Waals surface area contributed by atoms with E-state index >= 15 is 0 Å². The van der Waals surface area contributed by atoms with Crippen LogP contribution in [0.25, 0.3) is 0 Å². The van der Waals surface area contributed by atoms with Crippen molar-refractivity contribution in [1.82, 2.24) is 5.16 Å². The van der Waals surface area contributed by atoms with Crippen LogP contribution in [0.4, 0.5) is 20.3 Å². The van der Waals surface area contributed by atoms with Crippen LogP contribution in [-0.2, 0) is 19.6 Å². The maximum Gasteiger partial charge on any atom is 0.338 e. The smallest absolute Gasteiger partial charge is 0.338 e. The Hall–Kier alpha value is -3.80. The van der Waals surface area contributed by atoms with Crippen LogP contribution in [-0.4, -0.2) is 31.6 Å². The Morgan fingerprint density at radius 3 is 2.52 bits per heavy atom. The maximum atomic E-state index is 13.4. The minimum Gasteiger partial charge on any atom is -0.449 e. The number of esters is 1. The van der Waals surface area contributed by atoms with Gasteiger partial charge in [0, 0.05) is 11.8 Å². The van der Waals surface area contributed by atoms with Crippen LogP contribution in [0.1, 0.15) is 29.5 Å². The molecule has 0 bridgehead atoms. The van der Waals surface area contributed by atoms with Crippen molar-refractivity contribution in [3.05, 3.63) is 71.5 Å². The fourth-order valence-electron chi connectivity index (χ4n) is 2.72. The second-order valence-electron chi connectivity index (χ2n) is 6.88. The fraction of sp³-hybridized carbons (Fsp3) is 0.190. The molecule has 0 radical (unpaired) electrons. The Balaban J connectivity index is 1.71. The van der Waals surface area contributed by atoms with Crippen molar-refractivity contribution in [1.29, 1.82) is 0 Å². The first-order valence-corrected chi connectivity index (χ1v) is 11.1. The topological polar surface area (TPSA) is 128 Å². The standard InChI is InChI=1S/C21H19F2N3O6S/c1-3-18(20(27)24-19-9-12(2)32-25-19)31-21(28)13-5-4-6-14(10-13)26-33(29,30)15-7-8-16(22)17(23)11-15/h4-11,18,26H,3H2,1-2H3,(H,24,25,27)/t18-/m0/s1. The highest BCUT2D eigenvalue weighted by molar-refractivity contribution is 7.92. The van der Waals surface area contributed by atoms with E-state index in [1.165, 1.54) is 30.3 Å². The van der Waals surface area contributed by atoms with E-state index in [4.69, 9.17) is 9.26 Å². The van der Waals surface area contributed by atoms with Gasteiger partial charge >= 0.3 is 5.97 Å². The number of ether oxygens (including phenoxy) is 1. The van der Waals surface area contributed by atoms with Gasteiger partial charge in [-0.2, -0.15) is 0 Å². The molecule has 0 saturated carbocycles. The second kappa shape index (κ2) is 9.77. The van der Waals surface area contributed by atoms with Gasteiger partial charge in [0.25, 0.3) is 15.9 Å². The zero-order valence-electron chi connectivity index (χ0n) is 17.5. The number of hydrogen-bond acceptors (Lipinski definition) is 7. The molecule has 3 aromatic rings. The van der Waals surface area contributed by atoms with Crippen molar-refractivity contribution in [2.45, 2.75) is 31.3 Å². The molecule has 0 aliphatic heterocycles. The van der Waals surface area contributed by atoms with Crippen LogP contribution in [0, 0.1) is 18.6 Å². The first-order chi connectivity index (χ1) is 15.6. The van der Waals surface area contributed by atoms with Gasteiger partial charge in [0.05, 0.1) is 10.5 Å². The third-order valence-electron chi connectivity index (χ3n) is 4.34. The van der Waals surface area contributed by atoms with E-state index in [0.29, 0.717) is 17.9 Å². The second-order valence-corrected chi connectivity index (χ2v) is 8.56. The summed E-state index contributed by atoms with van der Waals surface area (Å²) in [5, 5.41) is 6.10. The van der Waals surface area contributed by atoms with Crippen molar-refractivity contribution < 1.29 is 36.0 Å². The largest absolute Gasteiger partial charge is 0.449 e. The van der Waals surface area contributed by atoms with Crippen LogP contribution >= 0.6 is 0 Å². The van der Waals surface area contributed by atoms with E-state index in [1.54, 1.807) is 13.8 Å². The van der Waals surface area contributed by atoms with Gasteiger partial charge in [-0.15, -0.1) is 0 Å². The molecule has 1 heterocycles. The van der Waals surface area contributed by atoms with E-state index in [9.17, 15) is 26.8 Å². The third kappa shape index (κ3) is 5.92. The van der Waals surface area contributed by atoms with Crippen LogP contribution < -0.4 is 10.0 Å². The summed E-state index contributed by atoms with van der Waals surface area (Å²) in [6.45, 7) is 3.28. The Bertz CT molecular complexity index is 1290. The number of amides is 1. The summed E-state index contributed by atoms with van der Waals surface area (Å²) in [6, 6.07) is 8.91. The number of halogens is 2. The predicted molar refractivity (Wildman–Crippen MR) is 113 cm³/mol. The minimum absolute atomic E-state index is 0.0234. The van der Waals surface area contributed by atoms with Crippen molar-refractivity contribution in [3.8, 4) is 0 Å². The van der Waals surface area contributed by atoms with Crippen molar-refractivity contribution >= 4 is 33.4 Å². The quantitative estimate of drug-likeness (QED) is 0.472. The number of aryl methyl sites for hydroxylation is 1. The number of aromatic nitrogens is 1. The third-order valence-corrected chi connectivity index (χ3v) is 5.72. The normalized spacial score (nSPS) is 12.1. The molecule has 33 heavy (non-hydrogen) atoms. The Morgan fingerprint density at radius 1 is 1.12 bits per heavy atom. The summed E-state index contributed by atoms with van der Waals surface area (Å²) in [4.78, 5) is 24.4. The molecule has 2 aromatic carbocycles. The summed E-state index contributed by atoms with van der Waals surface area (Å²) in [7, 11) is -4.26. The summed E-state index contributed by atoms with van der Waals surface area (Å²) >= 11 is 0. The van der Waals surface area contributed by atoms with Crippen LogP contribution in [0.5, 0.6) is 0 Å². The summed E-state index contributed by atoms with van der Waals surface area (Å²) in [5.74, 6) is -3.35. The maximum absolute atomic E-state index is 13.4. The SMILES string of the molecule is CC[C@H](OC(=O)c1cccc(NS(=O)(=O)c2ccc(F)c(F)c2)c1)C(=O)Nc1cc(C)on1. The summed E-state index contributed by atoms with van der Waals surface area (Å²) in [6.07, 6.45) is -0.978. The van der Waals surface area contributed by atoms with Gasteiger partial charge in [-0.05, 0) is 49.7 Å². The predicted octanol–water partition coefficient (Wildman–Crippen LogP) is 3.64. The number of rotatable bonds is 8. The number of nitrogens with one attached hydrogen (secondary N) is 2. The van der Waals surface area contributed by atoms with Crippen molar-refractivity contribution in [2.24, 2.45) is 0 Å². The molecule has 9 nitrogen and oxygen atoms in total. The lowest BCUT2D eigenvalue weighted by atomic mass is 10.2. The van der Waals surface area contributed by atoms with Crippen LogP contribution in [0.2, 0.25) is 0 Å². The molecule has 0 aliphatic rings. The first kappa shape index (κ1) is 23.9. The fourth-order valence-corrected chi connectivity index (χ4v) is 3.78. The molecule has 0 unspecified atom stereocenters. The van der Waals surface area contributed by atoms with Crippen molar-refractivity contribution in [3.63, 3.8) is 0 Å². The lowest BCUT2D eigenvalue weighted by Gasteiger charge is -2.15. The number of nitrogens with zero attached hydrogens (tertiary/aromatic N) is 1. The Morgan fingerprint density at radius 2 is 1.88 bits per heavy atom. The van der Waals surface area contributed by atoms with E-state index in [0.717, 1.165) is 6.07 Å². The molecule has 1 amide bonds. The number of hydrogen-bond donors (Lipinski definition) is 2. The number of carbonyl (C=O) groups is 2. The van der Waals surface area contributed by atoms with E-state index in [-0.39, 0.29) is 23.5 Å². The number of carbonyl (C=O) groups excluding carboxylic acids is 2. The van der Waals surface area contributed by atoms with Crippen LogP contribution in [0.3, 0.4) is 0 Å². The monoisotopic (exact) mass is 479 g/mol. The lowest BCUT2D eigenvalue weighted by molar-refractivity contribution is -0.124. The molecular formula is C21H19F2N3O6S. The van der Waals surface area contributed by atoms with E-state index < -0.39 is 44.5 Å². The van der Waals surface area contributed by atoms with Gasteiger partial charge in [0.2, 0.25) is 0 Å². The molecule has 0 spiro atoms. The molecular weight excluding hydrogens is 460 g/mol. The molecule has 3 rings (SSSR count). The van der Waals surface area contributed by atoms with Gasteiger partial charge in [-0.25, -0.2) is 22.0 Å². The molecule has 0 saturated heterocycles. The number of benzene rings is 2. The van der Waals surface area contributed by atoms with Gasteiger partial charge in [-0.3, -0.25) is 9.52 Å². The van der Waals surface area contributed by atoms with Gasteiger partial charge in [-0.1, -0.05) is 18.1 Å². The Kier molecular flexibility index (Phi) is 7.07. The zero-order chi connectivity index (χ0) is 24.2. The minimum atomic E-state index is -4.26. The van der Waals surface area contributed by atoms with Gasteiger partial charge in [0.1, 0.15) is 5.76 Å². The molecule has 1 atom stereocenters. The van der Waals surface area contributed by atoms with E-state index in [2.05, 4.69) is 15.2 Å². The average Bonchev–Trinajstić information content (AvgIpc) is 3.17. The van der Waals surface area contributed by atoms with Gasteiger partial charge in [0.15, 0.2) is 23.6 Å². The Labute approximate surface area is 187 Å². The average molecular weight is 479 g/mol. The number of anilines is 2. The molecule has 0 fully saturated rings. The molecule has 12 heteroatoms. The van der Waals surface area contributed by atoms with E-state index in [1.807, 2.05) is 0 Å². The molecule has 0 aliphatic carbocycles. The highest BCUT2D eigenvalue weighted by atomic mass is 32.2. The highest BCUT2D eigenvalue weighted by Gasteiger charge is 2.24. The first-order valence-electron chi connectivity index (χ1n) is 9.62.